The molecule has 11 aromatic rings. The molecule has 3 heteroatoms. The highest BCUT2D eigenvalue weighted by molar-refractivity contribution is 7.25. The minimum atomic E-state index is 1.09. The van der Waals surface area contributed by atoms with Crippen LogP contribution in [0.25, 0.3) is 80.7 Å². The summed E-state index contributed by atoms with van der Waals surface area (Å²) < 4.78 is 5.04. The standard InChI is InChI=1S/C52H34N2S/c1-2-15-37-34-38(29-28-35(37)14-1)36-30-32-39(33-31-36)53(45-21-7-5-18-42(45)43-20-13-27-51-52(43)44-19-6-12-26-50(44)55-51)48-24-10-11-25-49(48)54-46-22-8-3-16-40(46)41-17-4-9-23-47(41)54/h1-34H. The van der Waals surface area contributed by atoms with Crippen molar-refractivity contribution in [1.82, 2.24) is 4.57 Å². The molecular weight excluding hydrogens is 685 g/mol. The molecule has 0 N–H and O–H groups in total. The Morgan fingerprint density at radius 2 is 0.964 bits per heavy atom. The van der Waals surface area contributed by atoms with E-state index in [4.69, 9.17) is 0 Å². The molecule has 9 aromatic carbocycles. The summed E-state index contributed by atoms with van der Waals surface area (Å²) in [7, 11) is 0. The van der Waals surface area contributed by atoms with Crippen molar-refractivity contribution in [2.45, 2.75) is 0 Å². The molecular formula is C52H34N2S. The first-order valence-corrected chi connectivity index (χ1v) is 19.6. The Labute approximate surface area is 323 Å². The molecule has 0 spiro atoms. The topological polar surface area (TPSA) is 8.17 Å². The Balaban J connectivity index is 1.17. The lowest BCUT2D eigenvalue weighted by Gasteiger charge is -2.30. The summed E-state index contributed by atoms with van der Waals surface area (Å²) in [6.07, 6.45) is 0. The summed E-state index contributed by atoms with van der Waals surface area (Å²) in [5, 5.41) is 7.59. The fourth-order valence-electron chi connectivity index (χ4n) is 8.50. The van der Waals surface area contributed by atoms with Gasteiger partial charge in [0.2, 0.25) is 0 Å². The predicted octanol–water partition coefficient (Wildman–Crippen LogP) is 15.1. The third kappa shape index (κ3) is 5.16. The van der Waals surface area contributed by atoms with Gasteiger partial charge in [0.05, 0.1) is 28.1 Å². The van der Waals surface area contributed by atoms with Crippen LogP contribution in [0.3, 0.4) is 0 Å². The van der Waals surface area contributed by atoms with Gasteiger partial charge in [-0.1, -0.05) is 146 Å². The van der Waals surface area contributed by atoms with Gasteiger partial charge in [-0.2, -0.15) is 0 Å². The molecule has 0 radical (unpaired) electrons. The van der Waals surface area contributed by atoms with Crippen LogP contribution in [0.4, 0.5) is 17.1 Å². The minimum Gasteiger partial charge on any atom is -0.308 e. The highest BCUT2D eigenvalue weighted by Crippen LogP contribution is 2.48. The van der Waals surface area contributed by atoms with E-state index < -0.39 is 0 Å². The van der Waals surface area contributed by atoms with Gasteiger partial charge in [0.1, 0.15) is 0 Å². The lowest BCUT2D eigenvalue weighted by atomic mass is 9.96. The Morgan fingerprint density at radius 3 is 1.76 bits per heavy atom. The average molecular weight is 719 g/mol. The maximum atomic E-state index is 2.46. The first-order valence-electron chi connectivity index (χ1n) is 18.8. The number of nitrogens with zero attached hydrogens (tertiary/aromatic N) is 2. The van der Waals surface area contributed by atoms with Crippen LogP contribution >= 0.6 is 11.3 Å². The number of benzene rings is 9. The zero-order chi connectivity index (χ0) is 36.3. The van der Waals surface area contributed by atoms with Crippen LogP contribution in [0.1, 0.15) is 0 Å². The number of fused-ring (bicyclic) bond motifs is 7. The van der Waals surface area contributed by atoms with E-state index in [9.17, 15) is 0 Å². The van der Waals surface area contributed by atoms with E-state index in [0.717, 1.165) is 22.7 Å². The van der Waals surface area contributed by atoms with Gasteiger partial charge in [-0.15, -0.1) is 11.3 Å². The molecule has 2 heterocycles. The van der Waals surface area contributed by atoms with Crippen LogP contribution in [-0.4, -0.2) is 4.57 Å². The van der Waals surface area contributed by atoms with E-state index >= 15 is 0 Å². The van der Waals surface area contributed by atoms with Crippen molar-refractivity contribution in [3.8, 4) is 27.9 Å². The number of hydrogen-bond acceptors (Lipinski definition) is 2. The Kier molecular flexibility index (Phi) is 7.39. The maximum Gasteiger partial charge on any atom is 0.0702 e. The monoisotopic (exact) mass is 718 g/mol. The van der Waals surface area contributed by atoms with Gasteiger partial charge in [0.15, 0.2) is 0 Å². The lowest BCUT2D eigenvalue weighted by molar-refractivity contribution is 1.15. The lowest BCUT2D eigenvalue weighted by Crippen LogP contribution is -2.14. The first kappa shape index (κ1) is 31.6. The zero-order valence-electron chi connectivity index (χ0n) is 29.9. The summed E-state index contributed by atoms with van der Waals surface area (Å²) in [6.45, 7) is 0. The molecule has 0 aliphatic carbocycles. The van der Waals surface area contributed by atoms with Crippen molar-refractivity contribution in [2.75, 3.05) is 4.90 Å². The summed E-state index contributed by atoms with van der Waals surface area (Å²) in [6, 6.07) is 75.3. The molecule has 0 saturated carbocycles. The van der Waals surface area contributed by atoms with Gasteiger partial charge < -0.3 is 9.47 Å². The summed E-state index contributed by atoms with van der Waals surface area (Å²) in [4.78, 5) is 2.46. The van der Waals surface area contributed by atoms with Crippen LogP contribution in [-0.2, 0) is 0 Å². The Hall–Kier alpha value is -6.94. The second-order valence-electron chi connectivity index (χ2n) is 14.1. The van der Waals surface area contributed by atoms with E-state index in [1.54, 1.807) is 0 Å². The quantitative estimate of drug-likeness (QED) is 0.166. The number of rotatable bonds is 6. The zero-order valence-corrected chi connectivity index (χ0v) is 30.7. The van der Waals surface area contributed by atoms with E-state index in [1.807, 2.05) is 11.3 Å². The van der Waals surface area contributed by atoms with Crippen molar-refractivity contribution in [1.29, 1.82) is 0 Å². The third-order valence-corrected chi connectivity index (χ3v) is 12.1. The molecule has 258 valence electrons. The SMILES string of the molecule is c1ccc(N(c2ccc(-c3ccc4ccccc4c3)cc2)c2ccccc2-n2c3ccccc3c3ccccc32)c(-c2cccc3sc4ccccc4c23)c1. The molecule has 11 rings (SSSR count). The molecule has 0 atom stereocenters. The molecule has 0 saturated heterocycles. The average Bonchev–Trinajstić information content (AvgIpc) is 3.80. The molecule has 0 amide bonds. The van der Waals surface area contributed by atoms with Crippen LogP contribution in [0, 0.1) is 0 Å². The smallest absolute Gasteiger partial charge is 0.0702 e. The maximum absolute atomic E-state index is 2.46. The van der Waals surface area contributed by atoms with Crippen LogP contribution in [0.15, 0.2) is 206 Å². The highest BCUT2D eigenvalue weighted by Gasteiger charge is 2.23. The van der Waals surface area contributed by atoms with Gasteiger partial charge in [-0.05, 0) is 88.1 Å². The van der Waals surface area contributed by atoms with Crippen molar-refractivity contribution in [3.05, 3.63) is 206 Å². The van der Waals surface area contributed by atoms with E-state index in [2.05, 4.69) is 216 Å². The number of hydrogen-bond donors (Lipinski definition) is 0. The Morgan fingerprint density at radius 1 is 0.382 bits per heavy atom. The number of anilines is 3. The van der Waals surface area contributed by atoms with Crippen molar-refractivity contribution < 1.29 is 0 Å². The summed E-state index contributed by atoms with van der Waals surface area (Å²) in [5.41, 5.74) is 11.6. The fraction of sp³-hybridized carbons (Fsp3) is 0. The molecule has 2 nitrogen and oxygen atoms in total. The van der Waals surface area contributed by atoms with Gasteiger partial charge >= 0.3 is 0 Å². The molecule has 0 bridgehead atoms. The van der Waals surface area contributed by atoms with Gasteiger partial charge in [-0.3, -0.25) is 0 Å². The molecule has 0 unspecified atom stereocenters. The second kappa shape index (κ2) is 12.9. The summed E-state index contributed by atoms with van der Waals surface area (Å²) in [5.74, 6) is 0. The minimum absolute atomic E-state index is 1.09. The van der Waals surface area contributed by atoms with E-state index in [-0.39, 0.29) is 0 Å². The third-order valence-electron chi connectivity index (χ3n) is 11.0. The normalized spacial score (nSPS) is 11.6. The van der Waals surface area contributed by atoms with E-state index in [1.165, 1.54) is 75.0 Å². The van der Waals surface area contributed by atoms with Gasteiger partial charge in [-0.25, -0.2) is 0 Å². The van der Waals surface area contributed by atoms with Crippen LogP contribution in [0.5, 0.6) is 0 Å². The molecule has 2 aromatic heterocycles. The Bertz CT molecular complexity index is 3170. The number of thiophene rings is 1. The summed E-state index contributed by atoms with van der Waals surface area (Å²) >= 11 is 1.86. The first-order chi connectivity index (χ1) is 27.3. The van der Waals surface area contributed by atoms with Crippen molar-refractivity contribution in [2.24, 2.45) is 0 Å². The fourth-order valence-corrected chi connectivity index (χ4v) is 9.63. The molecule has 0 fully saturated rings. The van der Waals surface area contributed by atoms with Crippen molar-refractivity contribution >= 4 is 81.1 Å². The predicted molar refractivity (Wildman–Crippen MR) is 237 cm³/mol. The second-order valence-corrected chi connectivity index (χ2v) is 15.2. The molecule has 55 heavy (non-hydrogen) atoms. The molecule has 0 aliphatic rings. The van der Waals surface area contributed by atoms with Crippen LogP contribution < -0.4 is 4.90 Å². The largest absolute Gasteiger partial charge is 0.308 e. The van der Waals surface area contributed by atoms with Gasteiger partial charge in [0, 0.05) is 42.2 Å². The van der Waals surface area contributed by atoms with Crippen molar-refractivity contribution in [3.63, 3.8) is 0 Å². The molecule has 0 aliphatic heterocycles. The van der Waals surface area contributed by atoms with Crippen LogP contribution in [0.2, 0.25) is 0 Å². The van der Waals surface area contributed by atoms with E-state index in [0.29, 0.717) is 0 Å². The van der Waals surface area contributed by atoms with Gasteiger partial charge in [0.25, 0.3) is 0 Å². The number of aromatic nitrogens is 1. The number of para-hydroxylation sites is 5. The highest BCUT2D eigenvalue weighted by atomic mass is 32.1.